The van der Waals surface area contributed by atoms with Gasteiger partial charge in [-0.25, -0.2) is 12.8 Å². The Morgan fingerprint density at radius 3 is 2.48 bits per heavy atom. The number of amides is 1. The average molecular weight is 477 g/mol. The second kappa shape index (κ2) is 11.0. The minimum Gasteiger partial charge on any atom is -0.335 e. The van der Waals surface area contributed by atoms with E-state index in [2.05, 4.69) is 10.2 Å². The van der Waals surface area contributed by atoms with Crippen molar-refractivity contribution in [1.82, 2.24) is 14.5 Å². The van der Waals surface area contributed by atoms with Crippen molar-refractivity contribution < 1.29 is 17.6 Å². The highest BCUT2D eigenvalue weighted by Crippen LogP contribution is 2.37. The van der Waals surface area contributed by atoms with E-state index in [1.165, 1.54) is 4.31 Å². The maximum Gasteiger partial charge on any atom is 0.252 e. The van der Waals surface area contributed by atoms with E-state index < -0.39 is 27.9 Å². The monoisotopic (exact) mass is 476 g/mol. The molecule has 176 valence electrons. The van der Waals surface area contributed by atoms with Crippen LogP contribution in [0.4, 0.5) is 4.39 Å². The molecule has 1 saturated carbocycles. The van der Waals surface area contributed by atoms with Gasteiger partial charge < -0.3 is 11.1 Å². The first-order valence-corrected chi connectivity index (χ1v) is 12.4. The van der Waals surface area contributed by atoms with Crippen molar-refractivity contribution in [2.45, 2.75) is 56.9 Å². The Morgan fingerprint density at radius 1 is 1.26 bits per heavy atom. The number of alkyl halides is 1. The molecular weight excluding hydrogens is 443 g/mol. The molecule has 1 aromatic rings. The van der Waals surface area contributed by atoms with E-state index in [-0.39, 0.29) is 30.5 Å². The first-order valence-electron chi connectivity index (χ1n) is 10.8. The molecule has 1 aromatic carbocycles. The molecule has 1 aliphatic carbocycles. The van der Waals surface area contributed by atoms with Gasteiger partial charge in [0.1, 0.15) is 6.17 Å². The number of hydrogen-bond donors (Lipinski definition) is 2. The van der Waals surface area contributed by atoms with Crippen LogP contribution in [0.15, 0.2) is 30.3 Å². The molecule has 10 heteroatoms. The maximum atomic E-state index is 14.5. The lowest BCUT2D eigenvalue weighted by Gasteiger charge is -2.52. The fraction of sp³-hybridized carbons (Fsp3) is 0.667. The molecule has 7 nitrogen and oxygen atoms in total. The van der Waals surface area contributed by atoms with Crippen LogP contribution in [0.25, 0.3) is 0 Å². The summed E-state index contributed by atoms with van der Waals surface area (Å²) in [6.07, 6.45) is 0.932. The quantitative estimate of drug-likeness (QED) is 0.588. The van der Waals surface area contributed by atoms with E-state index in [9.17, 15) is 17.6 Å². The Hall–Kier alpha value is -1.26. The summed E-state index contributed by atoms with van der Waals surface area (Å²) in [6, 6.07) is 8.82. The third-order valence-electron chi connectivity index (χ3n) is 6.33. The van der Waals surface area contributed by atoms with Crippen molar-refractivity contribution in [3.8, 4) is 0 Å². The molecule has 3 atom stereocenters. The molecule has 3 N–H and O–H groups in total. The largest absolute Gasteiger partial charge is 0.335 e. The number of hydrogen-bond acceptors (Lipinski definition) is 5. The zero-order valence-corrected chi connectivity index (χ0v) is 19.6. The number of benzene rings is 1. The zero-order chi connectivity index (χ0) is 21.8. The van der Waals surface area contributed by atoms with Gasteiger partial charge in [0.15, 0.2) is 0 Å². The smallest absolute Gasteiger partial charge is 0.252 e. The Bertz CT molecular complexity index is 821. The first kappa shape index (κ1) is 26.0. The Kier molecular flexibility index (Phi) is 9.27. The average Bonchev–Trinajstić information content (AvgIpc) is 2.74. The molecule has 3 rings (SSSR count). The van der Waals surface area contributed by atoms with Gasteiger partial charge in [-0.05, 0) is 37.8 Å². The summed E-state index contributed by atoms with van der Waals surface area (Å²) in [6.45, 7) is 3.52. The van der Waals surface area contributed by atoms with Crippen LogP contribution in [-0.2, 0) is 10.0 Å². The fourth-order valence-electron chi connectivity index (χ4n) is 4.73. The van der Waals surface area contributed by atoms with Crippen LogP contribution >= 0.6 is 12.4 Å². The highest BCUT2D eigenvalue weighted by atomic mass is 35.5. The van der Waals surface area contributed by atoms with E-state index in [4.69, 9.17) is 5.73 Å². The van der Waals surface area contributed by atoms with E-state index in [1.807, 2.05) is 13.0 Å². The van der Waals surface area contributed by atoms with Gasteiger partial charge in [0.05, 0.1) is 17.5 Å². The van der Waals surface area contributed by atoms with Crippen molar-refractivity contribution in [2.75, 3.05) is 31.9 Å². The number of carbonyl (C=O) groups is 1. The molecule has 1 amide bonds. The number of nitrogens with zero attached hydrogens (tertiary/aromatic N) is 2. The van der Waals surface area contributed by atoms with Crippen LogP contribution in [0.1, 0.15) is 49.4 Å². The number of piperazine rings is 1. The lowest BCUT2D eigenvalue weighted by molar-refractivity contribution is -0.0233. The summed E-state index contributed by atoms with van der Waals surface area (Å²) in [5, 5.41) is 2.88. The topological polar surface area (TPSA) is 95.7 Å². The molecule has 3 unspecified atom stereocenters. The summed E-state index contributed by atoms with van der Waals surface area (Å²) < 4.78 is 40.8. The molecule has 1 heterocycles. The summed E-state index contributed by atoms with van der Waals surface area (Å²) >= 11 is 0. The van der Waals surface area contributed by atoms with Gasteiger partial charge in [-0.15, -0.1) is 12.4 Å². The van der Waals surface area contributed by atoms with E-state index in [1.54, 1.807) is 24.3 Å². The maximum absolute atomic E-state index is 14.5. The van der Waals surface area contributed by atoms with Crippen LogP contribution in [0.3, 0.4) is 0 Å². The minimum atomic E-state index is -3.26. The number of carbonyl (C=O) groups excluding carboxylic acids is 1. The molecule has 0 radical (unpaired) electrons. The van der Waals surface area contributed by atoms with E-state index in [0.29, 0.717) is 57.4 Å². The highest BCUT2D eigenvalue weighted by Gasteiger charge is 2.48. The number of halogens is 2. The standard InChI is InChI=1S/C21H33FN4O3S.ClH/c1-2-15-30(28,29)26-13-11-25(12-14-26)21(10-6-9-18(22)16-21)20(23)24-19(27)17-7-4-3-5-8-17;/h3-5,7-8,18,20H,2,6,9-16,23H2,1H3,(H,24,27);1H. The van der Waals surface area contributed by atoms with Crippen molar-refractivity contribution in [2.24, 2.45) is 5.73 Å². The van der Waals surface area contributed by atoms with Gasteiger partial charge in [0.2, 0.25) is 10.0 Å². The predicted molar refractivity (Wildman–Crippen MR) is 122 cm³/mol. The lowest BCUT2D eigenvalue weighted by atomic mass is 9.76. The molecule has 0 spiro atoms. The number of sulfonamides is 1. The molecule has 2 aliphatic rings. The van der Waals surface area contributed by atoms with Crippen LogP contribution in [-0.4, -0.2) is 73.3 Å². The molecule has 31 heavy (non-hydrogen) atoms. The van der Waals surface area contributed by atoms with Gasteiger partial charge in [0.25, 0.3) is 5.91 Å². The number of nitrogens with two attached hydrogens (primary N) is 1. The molecule has 1 saturated heterocycles. The van der Waals surface area contributed by atoms with E-state index >= 15 is 0 Å². The fourth-order valence-corrected chi connectivity index (χ4v) is 6.22. The normalized spacial score (nSPS) is 26.6. The van der Waals surface area contributed by atoms with E-state index in [0.717, 1.165) is 0 Å². The second-order valence-corrected chi connectivity index (χ2v) is 10.4. The van der Waals surface area contributed by atoms with Crippen LogP contribution in [0.5, 0.6) is 0 Å². The Balaban J connectivity index is 0.00000341. The lowest BCUT2D eigenvalue weighted by Crippen LogP contribution is -2.70. The van der Waals surface area contributed by atoms with Gasteiger partial charge >= 0.3 is 0 Å². The number of rotatable bonds is 7. The van der Waals surface area contributed by atoms with Crippen LogP contribution in [0.2, 0.25) is 0 Å². The van der Waals surface area contributed by atoms with Gasteiger partial charge in [-0.3, -0.25) is 9.69 Å². The Labute approximate surface area is 191 Å². The third-order valence-corrected chi connectivity index (χ3v) is 8.40. The van der Waals surface area contributed by atoms with Crippen molar-refractivity contribution in [3.63, 3.8) is 0 Å². The SMILES string of the molecule is CCCS(=O)(=O)N1CCN(C2(C(N)NC(=O)c3ccccc3)CCCC(F)C2)CC1.Cl. The summed E-state index contributed by atoms with van der Waals surface area (Å²) in [4.78, 5) is 14.8. The van der Waals surface area contributed by atoms with Crippen molar-refractivity contribution in [1.29, 1.82) is 0 Å². The molecule has 2 fully saturated rings. The summed E-state index contributed by atoms with van der Waals surface area (Å²) in [5.74, 6) is -0.148. The molecule has 0 aromatic heterocycles. The van der Waals surface area contributed by atoms with Gasteiger partial charge in [0, 0.05) is 38.2 Å². The molecule has 0 bridgehead atoms. The number of nitrogens with one attached hydrogen (secondary N) is 1. The summed E-state index contributed by atoms with van der Waals surface area (Å²) in [5.41, 5.74) is 6.30. The third kappa shape index (κ3) is 5.96. The Morgan fingerprint density at radius 2 is 1.90 bits per heavy atom. The second-order valence-electron chi connectivity index (χ2n) is 8.32. The molecule has 1 aliphatic heterocycles. The first-order chi connectivity index (χ1) is 14.3. The minimum absolute atomic E-state index is 0. The van der Waals surface area contributed by atoms with Crippen molar-refractivity contribution in [3.05, 3.63) is 35.9 Å². The highest BCUT2D eigenvalue weighted by molar-refractivity contribution is 7.89. The van der Waals surface area contributed by atoms with Crippen LogP contribution < -0.4 is 11.1 Å². The summed E-state index contributed by atoms with van der Waals surface area (Å²) in [7, 11) is -3.26. The van der Waals surface area contributed by atoms with Gasteiger partial charge in [-0.2, -0.15) is 4.31 Å². The zero-order valence-electron chi connectivity index (χ0n) is 18.0. The molecular formula is C21H34ClFN4O3S. The van der Waals surface area contributed by atoms with Crippen molar-refractivity contribution >= 4 is 28.3 Å². The predicted octanol–water partition coefficient (Wildman–Crippen LogP) is 2.13. The van der Waals surface area contributed by atoms with Crippen LogP contribution in [0, 0.1) is 0 Å². The van der Waals surface area contributed by atoms with Gasteiger partial charge in [-0.1, -0.05) is 25.1 Å².